The summed E-state index contributed by atoms with van der Waals surface area (Å²) in [6.07, 6.45) is 1.46. The third-order valence-electron chi connectivity index (χ3n) is 4.33. The predicted molar refractivity (Wildman–Crippen MR) is 102 cm³/mol. The summed E-state index contributed by atoms with van der Waals surface area (Å²) in [6.45, 7) is 2.21. The molecule has 1 saturated heterocycles. The summed E-state index contributed by atoms with van der Waals surface area (Å²) in [7, 11) is 0. The molecule has 1 fully saturated rings. The Morgan fingerprint density at radius 1 is 1.04 bits per heavy atom. The van der Waals surface area contributed by atoms with Gasteiger partial charge in [-0.25, -0.2) is 9.00 Å². The highest BCUT2D eigenvalue weighted by atomic mass is 32.2. The molecule has 2 amide bonds. The van der Waals surface area contributed by atoms with E-state index in [0.29, 0.717) is 51.0 Å². The molecule has 2 N–H and O–H groups in total. The molecule has 2 rings (SSSR count). The van der Waals surface area contributed by atoms with Crippen molar-refractivity contribution in [1.82, 2.24) is 15.3 Å². The summed E-state index contributed by atoms with van der Waals surface area (Å²) < 4.78 is 19.7. The SMILES string of the molecule is O=C(CCCCC(=O)N1CCN(CS(=O)O)CC1)ONC(=O)c1ccccc1. The highest BCUT2D eigenvalue weighted by molar-refractivity contribution is 7.79. The van der Waals surface area contributed by atoms with Crippen molar-refractivity contribution < 1.29 is 28.0 Å². The first-order valence-corrected chi connectivity index (χ1v) is 10.4. The Balaban J connectivity index is 1.56. The first kappa shape index (κ1) is 22.0. The van der Waals surface area contributed by atoms with Crippen LogP contribution in [0.4, 0.5) is 0 Å². The van der Waals surface area contributed by atoms with Crippen LogP contribution < -0.4 is 5.48 Å². The number of unbranched alkanes of at least 4 members (excludes halogenated alkanes) is 1. The Hall–Kier alpha value is -2.30. The number of rotatable bonds is 8. The lowest BCUT2D eigenvalue weighted by atomic mass is 10.1. The summed E-state index contributed by atoms with van der Waals surface area (Å²) in [6, 6.07) is 8.42. The number of carbonyl (C=O) groups is 3. The molecule has 10 heteroatoms. The van der Waals surface area contributed by atoms with E-state index in [9.17, 15) is 18.6 Å². The summed E-state index contributed by atoms with van der Waals surface area (Å²) >= 11 is -1.86. The van der Waals surface area contributed by atoms with Crippen LogP contribution in [0.3, 0.4) is 0 Å². The van der Waals surface area contributed by atoms with Crippen molar-refractivity contribution in [3.63, 3.8) is 0 Å². The number of hydroxylamine groups is 1. The molecular weight excluding hydrogens is 386 g/mol. The highest BCUT2D eigenvalue weighted by Gasteiger charge is 2.21. The molecule has 9 nitrogen and oxygen atoms in total. The number of nitrogens with zero attached hydrogens (tertiary/aromatic N) is 2. The van der Waals surface area contributed by atoms with E-state index in [4.69, 9.17) is 9.39 Å². The number of carbonyl (C=O) groups excluding carboxylic acids is 3. The summed E-state index contributed by atoms with van der Waals surface area (Å²) in [5, 5.41) is 0. The van der Waals surface area contributed by atoms with E-state index in [1.54, 1.807) is 35.2 Å². The predicted octanol–water partition coefficient (Wildman–Crippen LogP) is 0.758. The standard InChI is InChI=1S/C18H25N3O6S/c22-16(21-12-10-20(11-13-21)14-28(25)26)8-4-5-9-17(23)27-19-18(24)15-6-2-1-3-7-15/h1-3,6-7H,4-5,8-14H2,(H,19,24)(H,25,26). The van der Waals surface area contributed by atoms with Gasteiger partial charge in [0.15, 0.2) is 11.1 Å². The molecule has 0 saturated carbocycles. The Labute approximate surface area is 166 Å². The van der Waals surface area contributed by atoms with Gasteiger partial charge in [-0.05, 0) is 25.0 Å². The molecule has 1 atom stereocenters. The average Bonchev–Trinajstić information content (AvgIpc) is 2.70. The molecule has 1 heterocycles. The molecule has 1 aliphatic rings. The maximum atomic E-state index is 12.2. The minimum Gasteiger partial charge on any atom is -0.341 e. The van der Waals surface area contributed by atoms with Crippen LogP contribution in [0.15, 0.2) is 30.3 Å². The third kappa shape index (κ3) is 7.75. The number of hydrogen-bond donors (Lipinski definition) is 2. The maximum absolute atomic E-state index is 12.2. The van der Waals surface area contributed by atoms with E-state index < -0.39 is 23.0 Å². The fourth-order valence-electron chi connectivity index (χ4n) is 2.79. The fraction of sp³-hybridized carbons (Fsp3) is 0.500. The summed E-state index contributed by atoms with van der Waals surface area (Å²) in [5.74, 6) is -0.934. The topological polar surface area (TPSA) is 116 Å². The molecule has 1 aliphatic heterocycles. The molecule has 0 aromatic heterocycles. The van der Waals surface area contributed by atoms with E-state index in [-0.39, 0.29) is 18.2 Å². The molecule has 154 valence electrons. The van der Waals surface area contributed by atoms with Gasteiger partial charge in [0.2, 0.25) is 5.91 Å². The Morgan fingerprint density at radius 3 is 2.32 bits per heavy atom. The molecule has 0 bridgehead atoms. The van der Waals surface area contributed by atoms with Gasteiger partial charge in [0, 0.05) is 44.6 Å². The fourth-order valence-corrected chi connectivity index (χ4v) is 3.36. The second-order valence-corrected chi connectivity index (χ2v) is 7.33. The van der Waals surface area contributed by atoms with Crippen LogP contribution in [0.2, 0.25) is 0 Å². The van der Waals surface area contributed by atoms with Gasteiger partial charge in [0.1, 0.15) is 5.88 Å². The van der Waals surface area contributed by atoms with Crippen LogP contribution in [0.25, 0.3) is 0 Å². The average molecular weight is 411 g/mol. The summed E-state index contributed by atoms with van der Waals surface area (Å²) in [5.41, 5.74) is 2.50. The van der Waals surface area contributed by atoms with Gasteiger partial charge in [-0.1, -0.05) is 18.2 Å². The van der Waals surface area contributed by atoms with Crippen molar-refractivity contribution in [3.05, 3.63) is 35.9 Å². The smallest absolute Gasteiger partial charge is 0.332 e. The quantitative estimate of drug-likeness (QED) is 0.368. The van der Waals surface area contributed by atoms with Crippen LogP contribution in [0.1, 0.15) is 36.0 Å². The Bertz CT molecular complexity index is 692. The molecular formula is C18H25N3O6S. The number of nitrogens with one attached hydrogen (secondary N) is 1. The van der Waals surface area contributed by atoms with E-state index in [0.717, 1.165) is 0 Å². The van der Waals surface area contributed by atoms with Crippen molar-refractivity contribution in [3.8, 4) is 0 Å². The minimum absolute atomic E-state index is 0.00974. The lowest BCUT2D eigenvalue weighted by molar-refractivity contribution is -0.149. The number of amides is 2. The monoisotopic (exact) mass is 411 g/mol. The van der Waals surface area contributed by atoms with E-state index in [2.05, 4.69) is 5.48 Å². The highest BCUT2D eigenvalue weighted by Crippen LogP contribution is 2.08. The first-order valence-electron chi connectivity index (χ1n) is 9.08. The molecule has 28 heavy (non-hydrogen) atoms. The normalized spacial score (nSPS) is 15.7. The van der Waals surface area contributed by atoms with Gasteiger partial charge in [0.25, 0.3) is 5.91 Å². The molecule has 0 radical (unpaired) electrons. The molecule has 0 aliphatic carbocycles. The second kappa shape index (κ2) is 11.5. The van der Waals surface area contributed by atoms with Crippen molar-refractivity contribution in [1.29, 1.82) is 0 Å². The number of piperazine rings is 1. The van der Waals surface area contributed by atoms with Crippen molar-refractivity contribution in [2.24, 2.45) is 0 Å². The zero-order valence-electron chi connectivity index (χ0n) is 15.5. The van der Waals surface area contributed by atoms with Crippen LogP contribution in [-0.4, -0.2) is 68.4 Å². The van der Waals surface area contributed by atoms with Crippen LogP contribution >= 0.6 is 0 Å². The molecule has 1 unspecified atom stereocenters. The number of benzene rings is 1. The van der Waals surface area contributed by atoms with Crippen molar-refractivity contribution in [2.45, 2.75) is 25.7 Å². The van der Waals surface area contributed by atoms with Gasteiger partial charge in [0.05, 0.1) is 0 Å². The van der Waals surface area contributed by atoms with Crippen LogP contribution in [0.5, 0.6) is 0 Å². The van der Waals surface area contributed by atoms with Gasteiger partial charge < -0.3 is 14.3 Å². The van der Waals surface area contributed by atoms with E-state index in [1.807, 2.05) is 4.90 Å². The lowest BCUT2D eigenvalue weighted by Crippen LogP contribution is -2.49. The largest absolute Gasteiger partial charge is 0.341 e. The first-order chi connectivity index (χ1) is 13.5. The van der Waals surface area contributed by atoms with Crippen molar-refractivity contribution in [2.75, 3.05) is 32.1 Å². The maximum Gasteiger partial charge on any atom is 0.332 e. The minimum atomic E-state index is -1.86. The molecule has 0 spiro atoms. The second-order valence-electron chi connectivity index (χ2n) is 6.43. The van der Waals surface area contributed by atoms with Crippen molar-refractivity contribution >= 4 is 28.9 Å². The molecule has 1 aromatic carbocycles. The van der Waals surface area contributed by atoms with Gasteiger partial charge in [-0.15, -0.1) is 0 Å². The summed E-state index contributed by atoms with van der Waals surface area (Å²) in [4.78, 5) is 43.9. The van der Waals surface area contributed by atoms with Crippen LogP contribution in [0, 0.1) is 0 Å². The Kier molecular flexibility index (Phi) is 9.05. The van der Waals surface area contributed by atoms with Gasteiger partial charge >= 0.3 is 5.97 Å². The van der Waals surface area contributed by atoms with E-state index in [1.165, 1.54) is 0 Å². The lowest BCUT2D eigenvalue weighted by Gasteiger charge is -2.33. The van der Waals surface area contributed by atoms with Gasteiger partial charge in [-0.3, -0.25) is 14.5 Å². The Morgan fingerprint density at radius 2 is 1.68 bits per heavy atom. The third-order valence-corrected chi connectivity index (χ3v) is 4.92. The van der Waals surface area contributed by atoms with Gasteiger partial charge in [-0.2, -0.15) is 5.48 Å². The van der Waals surface area contributed by atoms with E-state index >= 15 is 0 Å². The van der Waals surface area contributed by atoms with Crippen LogP contribution in [-0.2, 0) is 25.5 Å². The molecule has 1 aromatic rings. The zero-order valence-corrected chi connectivity index (χ0v) is 16.4. The zero-order chi connectivity index (χ0) is 20.4. The number of hydrogen-bond acceptors (Lipinski definition) is 6.